The van der Waals surface area contributed by atoms with Gasteiger partial charge in [0.2, 0.25) is 0 Å². The smallest absolute Gasteiger partial charge is 0.141 e. The highest BCUT2D eigenvalue weighted by Crippen LogP contribution is 2.26. The molecule has 0 saturated heterocycles. The predicted octanol–water partition coefficient (Wildman–Crippen LogP) is 8.96. The maximum atomic E-state index is 15.2. The van der Waals surface area contributed by atoms with Crippen molar-refractivity contribution in [1.29, 1.82) is 5.26 Å². The molecule has 1 nitrogen and oxygen atoms in total. The number of halogens is 4. The summed E-state index contributed by atoms with van der Waals surface area (Å²) in [6.07, 6.45) is 6.40. The quantitative estimate of drug-likeness (QED) is 0.144. The number of benzene rings is 4. The van der Waals surface area contributed by atoms with E-state index in [-0.39, 0.29) is 23.4 Å². The second kappa shape index (κ2) is 12.7. The summed E-state index contributed by atoms with van der Waals surface area (Å²) in [7, 11) is 0. The Hall–Kier alpha value is -3.65. The minimum atomic E-state index is -0.574. The molecule has 0 amide bonds. The van der Waals surface area contributed by atoms with Gasteiger partial charge in [0.05, 0.1) is 5.56 Å². The summed E-state index contributed by atoms with van der Waals surface area (Å²) in [5.74, 6) is -1.91. The number of hydrogen-bond donors (Lipinski definition) is 0. The topological polar surface area (TPSA) is 23.8 Å². The van der Waals surface area contributed by atoms with Crippen molar-refractivity contribution in [2.24, 2.45) is 0 Å². The second-order valence-electron chi connectivity index (χ2n) is 9.87. The van der Waals surface area contributed by atoms with Crippen molar-refractivity contribution in [3.05, 3.63) is 117 Å². The summed E-state index contributed by atoms with van der Waals surface area (Å²) in [5.41, 5.74) is 2.86. The summed E-state index contributed by atoms with van der Waals surface area (Å²) in [6.45, 7) is 2.13. The number of unbranched alkanes of at least 4 members (excludes halogenated alkanes) is 3. The molecule has 0 aliphatic heterocycles. The minimum Gasteiger partial charge on any atom is -0.207 e. The Bertz CT molecular complexity index is 1450. The Morgan fingerprint density at radius 1 is 0.632 bits per heavy atom. The van der Waals surface area contributed by atoms with Crippen LogP contribution in [0.1, 0.15) is 66.0 Å². The average molecular weight is 518 g/mol. The van der Waals surface area contributed by atoms with E-state index in [1.165, 1.54) is 24.3 Å². The molecular formula is C33H31F4N. The van der Waals surface area contributed by atoms with Crippen LogP contribution in [0.2, 0.25) is 0 Å². The fourth-order valence-corrected chi connectivity index (χ4v) is 4.88. The summed E-state index contributed by atoms with van der Waals surface area (Å²) in [5, 5.41) is 10.1. The lowest BCUT2D eigenvalue weighted by molar-refractivity contribution is 0.549. The van der Waals surface area contributed by atoms with E-state index in [1.807, 2.05) is 12.1 Å². The highest BCUT2D eigenvalue weighted by atomic mass is 19.1. The highest BCUT2D eigenvalue weighted by Gasteiger charge is 2.13. The van der Waals surface area contributed by atoms with E-state index in [0.29, 0.717) is 47.8 Å². The molecule has 4 rings (SSSR count). The van der Waals surface area contributed by atoms with Crippen LogP contribution in [0.4, 0.5) is 17.6 Å². The molecule has 0 spiro atoms. The van der Waals surface area contributed by atoms with Crippen molar-refractivity contribution in [1.82, 2.24) is 0 Å². The summed E-state index contributed by atoms with van der Waals surface area (Å²) in [6, 6.07) is 18.0. The molecule has 0 aliphatic carbocycles. The Kier molecular flexibility index (Phi) is 9.18. The summed E-state index contributed by atoms with van der Waals surface area (Å²) in [4.78, 5) is 0. The lowest BCUT2D eigenvalue weighted by atomic mass is 9.96. The number of nitrogens with zero attached hydrogens (tertiary/aromatic N) is 1. The molecule has 0 aromatic heterocycles. The molecule has 0 saturated carbocycles. The van der Waals surface area contributed by atoms with E-state index in [4.69, 9.17) is 5.26 Å². The van der Waals surface area contributed by atoms with Crippen LogP contribution in [0.3, 0.4) is 0 Å². The number of nitriles is 1. The van der Waals surface area contributed by atoms with Gasteiger partial charge in [0.15, 0.2) is 0 Å². The van der Waals surface area contributed by atoms with E-state index in [2.05, 4.69) is 6.92 Å². The molecular weight excluding hydrogens is 486 g/mol. The first kappa shape index (κ1) is 27.4. The van der Waals surface area contributed by atoms with Crippen LogP contribution in [0.15, 0.2) is 60.7 Å². The lowest BCUT2D eigenvalue weighted by Gasteiger charge is -2.11. The fraction of sp³-hybridized carbons (Fsp3) is 0.303. The SMILES string of the molecule is CCCCCCc1cc(F)c(CCc2ccc3c(F)c(CCc4ccc(C#N)c(F)c4)ccc3c2)c(F)c1. The van der Waals surface area contributed by atoms with Gasteiger partial charge in [0, 0.05) is 10.9 Å². The first-order valence-corrected chi connectivity index (χ1v) is 13.2. The maximum Gasteiger partial charge on any atom is 0.141 e. The zero-order valence-corrected chi connectivity index (χ0v) is 21.6. The average Bonchev–Trinajstić information content (AvgIpc) is 2.90. The first-order valence-electron chi connectivity index (χ1n) is 13.2. The summed E-state index contributed by atoms with van der Waals surface area (Å²) >= 11 is 0. The molecule has 0 aliphatic rings. The Morgan fingerprint density at radius 3 is 2.03 bits per heavy atom. The molecule has 0 radical (unpaired) electrons. The molecule has 0 heterocycles. The number of fused-ring (bicyclic) bond motifs is 1. The Labute approximate surface area is 221 Å². The zero-order valence-electron chi connectivity index (χ0n) is 21.6. The monoisotopic (exact) mass is 517 g/mol. The molecule has 196 valence electrons. The zero-order chi connectivity index (χ0) is 27.1. The molecule has 4 aromatic carbocycles. The maximum absolute atomic E-state index is 15.2. The van der Waals surface area contributed by atoms with Crippen LogP contribution in [-0.4, -0.2) is 0 Å². The first-order chi connectivity index (χ1) is 18.4. The van der Waals surface area contributed by atoms with Crippen LogP contribution < -0.4 is 0 Å². The van der Waals surface area contributed by atoms with Crippen molar-refractivity contribution in [2.45, 2.75) is 64.7 Å². The van der Waals surface area contributed by atoms with Gasteiger partial charge in [0.25, 0.3) is 0 Å². The van der Waals surface area contributed by atoms with Gasteiger partial charge < -0.3 is 0 Å². The number of aryl methyl sites for hydroxylation is 4. The van der Waals surface area contributed by atoms with Crippen LogP contribution in [-0.2, 0) is 32.1 Å². The molecule has 0 unspecified atom stereocenters. The van der Waals surface area contributed by atoms with Crippen LogP contribution in [0.25, 0.3) is 10.8 Å². The largest absolute Gasteiger partial charge is 0.207 e. The van der Waals surface area contributed by atoms with Gasteiger partial charge in [-0.1, -0.05) is 62.6 Å². The van der Waals surface area contributed by atoms with Crippen LogP contribution in [0, 0.1) is 34.6 Å². The third-order valence-corrected chi connectivity index (χ3v) is 7.12. The molecule has 4 aromatic rings. The minimum absolute atomic E-state index is 0.0123. The van der Waals surface area contributed by atoms with E-state index >= 15 is 4.39 Å². The predicted molar refractivity (Wildman–Crippen MR) is 144 cm³/mol. The third-order valence-electron chi connectivity index (χ3n) is 7.12. The molecule has 0 bridgehead atoms. The Morgan fingerprint density at radius 2 is 1.32 bits per heavy atom. The van der Waals surface area contributed by atoms with E-state index in [9.17, 15) is 13.2 Å². The normalized spacial score (nSPS) is 11.2. The van der Waals surface area contributed by atoms with Gasteiger partial charge >= 0.3 is 0 Å². The number of hydrogen-bond acceptors (Lipinski definition) is 1. The molecule has 5 heteroatoms. The van der Waals surface area contributed by atoms with Crippen molar-refractivity contribution in [3.8, 4) is 6.07 Å². The molecule has 38 heavy (non-hydrogen) atoms. The second-order valence-corrected chi connectivity index (χ2v) is 9.87. The summed E-state index contributed by atoms with van der Waals surface area (Å²) < 4.78 is 58.4. The van der Waals surface area contributed by atoms with E-state index in [0.717, 1.165) is 36.6 Å². The number of rotatable bonds is 11. The fourth-order valence-electron chi connectivity index (χ4n) is 4.88. The lowest BCUT2D eigenvalue weighted by Crippen LogP contribution is -2.02. The van der Waals surface area contributed by atoms with Gasteiger partial charge in [-0.3, -0.25) is 0 Å². The standard InChI is InChI=1S/C33H31F4N/c1-2-3-4-5-6-24-19-31(35)29(32(36)20-24)16-10-22-9-15-28-26(17-22)14-13-25(33(28)37)11-7-23-8-12-27(21-38)30(34)18-23/h8-9,12-15,17-20H,2-7,10-11,16H2,1H3. The molecule has 0 fully saturated rings. The molecule has 0 atom stereocenters. The van der Waals surface area contributed by atoms with Crippen molar-refractivity contribution >= 4 is 10.8 Å². The van der Waals surface area contributed by atoms with E-state index in [1.54, 1.807) is 30.3 Å². The van der Waals surface area contributed by atoms with Crippen molar-refractivity contribution in [2.75, 3.05) is 0 Å². The van der Waals surface area contributed by atoms with Gasteiger partial charge in [-0.25, -0.2) is 17.6 Å². The third kappa shape index (κ3) is 6.61. The van der Waals surface area contributed by atoms with Gasteiger partial charge in [-0.05, 0) is 90.4 Å². The van der Waals surface area contributed by atoms with Crippen molar-refractivity contribution < 1.29 is 17.6 Å². The highest BCUT2D eigenvalue weighted by molar-refractivity contribution is 5.84. The van der Waals surface area contributed by atoms with Crippen LogP contribution >= 0.6 is 0 Å². The van der Waals surface area contributed by atoms with Crippen LogP contribution in [0.5, 0.6) is 0 Å². The Balaban J connectivity index is 1.41. The molecule has 0 N–H and O–H groups in total. The van der Waals surface area contributed by atoms with Crippen molar-refractivity contribution in [3.63, 3.8) is 0 Å². The van der Waals surface area contributed by atoms with Gasteiger partial charge in [-0.15, -0.1) is 0 Å². The van der Waals surface area contributed by atoms with E-state index < -0.39 is 17.5 Å². The van der Waals surface area contributed by atoms with Gasteiger partial charge in [-0.2, -0.15) is 5.26 Å². The van der Waals surface area contributed by atoms with Gasteiger partial charge in [0.1, 0.15) is 29.3 Å².